The number of pyridine rings is 1. The molecular formula is C16H17N3O. The molecule has 0 saturated carbocycles. The summed E-state index contributed by atoms with van der Waals surface area (Å²) in [5.41, 5.74) is 10.8. The van der Waals surface area contributed by atoms with Crippen LogP contribution in [0.2, 0.25) is 0 Å². The third-order valence-electron chi connectivity index (χ3n) is 3.50. The maximum atomic E-state index is 5.85. The summed E-state index contributed by atoms with van der Waals surface area (Å²) in [6.07, 6.45) is 1.96. The van der Waals surface area contributed by atoms with Gasteiger partial charge >= 0.3 is 0 Å². The highest BCUT2D eigenvalue weighted by Gasteiger charge is 2.11. The third-order valence-corrected chi connectivity index (χ3v) is 3.50. The van der Waals surface area contributed by atoms with E-state index in [1.807, 2.05) is 44.3 Å². The van der Waals surface area contributed by atoms with E-state index in [2.05, 4.69) is 15.5 Å². The van der Waals surface area contributed by atoms with Crippen LogP contribution >= 0.6 is 0 Å². The maximum absolute atomic E-state index is 5.85. The Morgan fingerprint density at radius 1 is 1.15 bits per heavy atom. The summed E-state index contributed by atoms with van der Waals surface area (Å²) in [4.78, 5) is 4.66. The van der Waals surface area contributed by atoms with Crippen LogP contribution in [0.15, 0.2) is 36.5 Å². The molecule has 2 heterocycles. The van der Waals surface area contributed by atoms with Crippen LogP contribution in [0.1, 0.15) is 11.3 Å². The maximum Gasteiger partial charge on any atom is 0.144 e. The zero-order chi connectivity index (χ0) is 14.3. The molecule has 20 heavy (non-hydrogen) atoms. The van der Waals surface area contributed by atoms with Crippen LogP contribution in [-0.2, 0) is 0 Å². The Morgan fingerprint density at radius 3 is 2.65 bits per heavy atom. The first kappa shape index (κ1) is 12.5. The highest BCUT2D eigenvalue weighted by molar-refractivity contribution is 5.69. The topological polar surface area (TPSA) is 52.5 Å². The molecule has 4 heteroatoms. The van der Waals surface area contributed by atoms with E-state index in [-0.39, 0.29) is 0 Å². The van der Waals surface area contributed by atoms with Crippen LogP contribution in [0.5, 0.6) is 5.75 Å². The molecular weight excluding hydrogens is 250 g/mol. The molecule has 0 unspecified atom stereocenters. The van der Waals surface area contributed by atoms with Crippen LogP contribution < -0.4 is 10.5 Å². The molecule has 3 rings (SSSR count). The number of aryl methyl sites for hydroxylation is 2. The van der Waals surface area contributed by atoms with Gasteiger partial charge in [0.05, 0.1) is 18.3 Å². The lowest BCUT2D eigenvalue weighted by Gasteiger charge is -2.07. The minimum absolute atomic E-state index is 0.748. The van der Waals surface area contributed by atoms with Crippen molar-refractivity contribution in [1.29, 1.82) is 0 Å². The molecule has 1 aromatic carbocycles. The summed E-state index contributed by atoms with van der Waals surface area (Å²) >= 11 is 0. The second-order valence-electron chi connectivity index (χ2n) is 4.92. The number of nitrogens with zero attached hydrogens (tertiary/aromatic N) is 2. The summed E-state index contributed by atoms with van der Waals surface area (Å²) in [6, 6.07) is 9.91. The monoisotopic (exact) mass is 267 g/mol. The van der Waals surface area contributed by atoms with Crippen molar-refractivity contribution in [2.75, 3.05) is 12.8 Å². The standard InChI is InChI=1S/C16H17N3O/c1-10-8-12(4-5-15(10)20-3)16-18-11(2)14-9-13(17)6-7-19(14)16/h4-9H,17H2,1-3H3. The van der Waals surface area contributed by atoms with E-state index >= 15 is 0 Å². The van der Waals surface area contributed by atoms with Gasteiger partial charge in [0, 0.05) is 17.4 Å². The number of anilines is 1. The molecule has 0 saturated heterocycles. The quantitative estimate of drug-likeness (QED) is 0.775. The van der Waals surface area contributed by atoms with Gasteiger partial charge in [0.2, 0.25) is 0 Å². The van der Waals surface area contributed by atoms with Gasteiger partial charge in [0.1, 0.15) is 11.6 Å². The van der Waals surface area contributed by atoms with Crippen molar-refractivity contribution < 1.29 is 4.74 Å². The second kappa shape index (κ2) is 4.56. The Labute approximate surface area is 117 Å². The summed E-state index contributed by atoms with van der Waals surface area (Å²) in [6.45, 7) is 4.03. The summed E-state index contributed by atoms with van der Waals surface area (Å²) in [5, 5.41) is 0. The fraction of sp³-hybridized carbons (Fsp3) is 0.188. The Morgan fingerprint density at radius 2 is 1.95 bits per heavy atom. The van der Waals surface area contributed by atoms with Gasteiger partial charge in [-0.25, -0.2) is 4.98 Å². The number of aromatic nitrogens is 2. The normalized spacial score (nSPS) is 10.9. The number of methoxy groups -OCH3 is 1. The zero-order valence-corrected chi connectivity index (χ0v) is 11.8. The lowest BCUT2D eigenvalue weighted by Crippen LogP contribution is -1.93. The third kappa shape index (κ3) is 1.90. The number of fused-ring (bicyclic) bond motifs is 1. The van der Waals surface area contributed by atoms with E-state index in [0.29, 0.717) is 0 Å². The molecule has 0 amide bonds. The fourth-order valence-corrected chi connectivity index (χ4v) is 2.47. The fourth-order valence-electron chi connectivity index (χ4n) is 2.47. The highest BCUT2D eigenvalue weighted by atomic mass is 16.5. The first-order valence-electron chi connectivity index (χ1n) is 6.49. The summed E-state index contributed by atoms with van der Waals surface area (Å²) < 4.78 is 7.36. The minimum atomic E-state index is 0.748. The smallest absolute Gasteiger partial charge is 0.144 e. The van der Waals surface area contributed by atoms with Crippen molar-refractivity contribution in [3.05, 3.63) is 47.8 Å². The lowest BCUT2D eigenvalue weighted by molar-refractivity contribution is 0.412. The molecule has 4 nitrogen and oxygen atoms in total. The second-order valence-corrected chi connectivity index (χ2v) is 4.92. The molecule has 0 fully saturated rings. The van der Waals surface area contributed by atoms with Crippen LogP contribution in [0, 0.1) is 13.8 Å². The van der Waals surface area contributed by atoms with E-state index in [0.717, 1.165) is 39.6 Å². The molecule has 3 aromatic rings. The van der Waals surface area contributed by atoms with E-state index in [1.165, 1.54) is 0 Å². The van der Waals surface area contributed by atoms with Crippen molar-refractivity contribution in [2.45, 2.75) is 13.8 Å². The van der Waals surface area contributed by atoms with E-state index in [1.54, 1.807) is 7.11 Å². The number of nitrogens with two attached hydrogens (primary N) is 1. The predicted molar refractivity (Wildman–Crippen MR) is 81.1 cm³/mol. The van der Waals surface area contributed by atoms with Crippen LogP contribution in [0.3, 0.4) is 0 Å². The first-order chi connectivity index (χ1) is 9.60. The van der Waals surface area contributed by atoms with Crippen molar-refractivity contribution in [2.24, 2.45) is 0 Å². The predicted octanol–water partition coefficient (Wildman–Crippen LogP) is 3.21. The number of benzene rings is 1. The Hall–Kier alpha value is -2.49. The van der Waals surface area contributed by atoms with E-state index in [4.69, 9.17) is 10.5 Å². The molecule has 102 valence electrons. The number of hydrogen-bond acceptors (Lipinski definition) is 3. The first-order valence-corrected chi connectivity index (χ1v) is 6.49. The van der Waals surface area contributed by atoms with Gasteiger partial charge in [0.15, 0.2) is 0 Å². The largest absolute Gasteiger partial charge is 0.496 e. The SMILES string of the molecule is COc1ccc(-c2nc(C)c3cc(N)ccn23)cc1C. The van der Waals surface area contributed by atoms with Crippen molar-refractivity contribution in [3.63, 3.8) is 0 Å². The van der Waals surface area contributed by atoms with E-state index in [9.17, 15) is 0 Å². The number of nitrogen functional groups attached to an aromatic ring is 1. The molecule has 0 spiro atoms. The molecule has 0 aliphatic heterocycles. The van der Waals surface area contributed by atoms with Gasteiger partial charge in [-0.15, -0.1) is 0 Å². The number of imidazole rings is 1. The molecule has 2 aromatic heterocycles. The van der Waals surface area contributed by atoms with Gasteiger partial charge in [-0.1, -0.05) is 0 Å². The molecule has 0 radical (unpaired) electrons. The molecule has 0 aliphatic carbocycles. The van der Waals surface area contributed by atoms with Crippen LogP contribution in [0.4, 0.5) is 5.69 Å². The molecule has 2 N–H and O–H groups in total. The molecule has 0 bridgehead atoms. The van der Waals surface area contributed by atoms with Crippen molar-refractivity contribution >= 4 is 11.2 Å². The highest BCUT2D eigenvalue weighted by Crippen LogP contribution is 2.27. The van der Waals surface area contributed by atoms with Gasteiger partial charge < -0.3 is 10.5 Å². The van der Waals surface area contributed by atoms with Gasteiger partial charge in [-0.2, -0.15) is 0 Å². The average Bonchev–Trinajstić information content (AvgIpc) is 2.76. The summed E-state index contributed by atoms with van der Waals surface area (Å²) in [7, 11) is 1.68. The van der Waals surface area contributed by atoms with Gasteiger partial charge in [0.25, 0.3) is 0 Å². The Balaban J connectivity index is 2.22. The lowest BCUT2D eigenvalue weighted by atomic mass is 10.1. The van der Waals surface area contributed by atoms with Crippen LogP contribution in [0.25, 0.3) is 16.9 Å². The number of hydrogen-bond donors (Lipinski definition) is 1. The zero-order valence-electron chi connectivity index (χ0n) is 11.8. The molecule has 0 atom stereocenters. The Bertz CT molecular complexity index is 790. The van der Waals surface area contributed by atoms with Crippen molar-refractivity contribution in [1.82, 2.24) is 9.38 Å². The van der Waals surface area contributed by atoms with Crippen molar-refractivity contribution in [3.8, 4) is 17.1 Å². The van der Waals surface area contributed by atoms with Crippen LogP contribution in [-0.4, -0.2) is 16.5 Å². The minimum Gasteiger partial charge on any atom is -0.496 e. The number of ether oxygens (including phenoxy) is 1. The van der Waals surface area contributed by atoms with E-state index < -0.39 is 0 Å². The van der Waals surface area contributed by atoms with Gasteiger partial charge in [-0.05, 0) is 49.7 Å². The average molecular weight is 267 g/mol. The number of rotatable bonds is 2. The Kier molecular flexibility index (Phi) is 2.86. The van der Waals surface area contributed by atoms with Gasteiger partial charge in [-0.3, -0.25) is 4.40 Å². The summed E-state index contributed by atoms with van der Waals surface area (Å²) in [5.74, 6) is 1.80. The molecule has 0 aliphatic rings.